The van der Waals surface area contributed by atoms with E-state index in [9.17, 15) is 9.59 Å². The number of aromatic nitrogens is 2. The van der Waals surface area contributed by atoms with Crippen LogP contribution in [-0.2, 0) is 4.79 Å². The molecule has 0 aromatic carbocycles. The number of rotatable bonds is 6. The average molecular weight is 302 g/mol. The van der Waals surface area contributed by atoms with Crippen LogP contribution in [0.3, 0.4) is 0 Å². The molecule has 20 heavy (non-hydrogen) atoms. The lowest BCUT2D eigenvalue weighted by atomic mass is 10.1. The number of nitrogens with one attached hydrogen (secondary N) is 1. The maximum Gasteiger partial charge on any atom is 0.298 e. The van der Waals surface area contributed by atoms with Crippen LogP contribution in [0.1, 0.15) is 33.2 Å². The van der Waals surface area contributed by atoms with Gasteiger partial charge in [0.05, 0.1) is 7.11 Å². The minimum Gasteiger partial charge on any atom is -0.489 e. The molecule has 0 fully saturated rings. The van der Waals surface area contributed by atoms with Crippen molar-refractivity contribution in [3.63, 3.8) is 0 Å². The zero-order valence-electron chi connectivity index (χ0n) is 12.1. The van der Waals surface area contributed by atoms with Crippen LogP contribution in [0.2, 0.25) is 5.15 Å². The maximum absolute atomic E-state index is 12.1. The predicted octanol–water partition coefficient (Wildman–Crippen LogP) is 1.63. The van der Waals surface area contributed by atoms with Gasteiger partial charge in [-0.15, -0.1) is 0 Å². The van der Waals surface area contributed by atoms with E-state index in [4.69, 9.17) is 16.3 Å². The highest BCUT2D eigenvalue weighted by Crippen LogP contribution is 2.16. The Morgan fingerprint density at radius 1 is 1.50 bits per heavy atom. The van der Waals surface area contributed by atoms with Crippen molar-refractivity contribution >= 4 is 17.5 Å². The first-order valence-electron chi connectivity index (χ1n) is 6.46. The quantitative estimate of drug-likeness (QED) is 0.811. The smallest absolute Gasteiger partial charge is 0.298 e. The Bertz CT molecular complexity index is 528. The third-order valence-corrected chi connectivity index (χ3v) is 3.20. The first kappa shape index (κ1) is 16.5. The van der Waals surface area contributed by atoms with Gasteiger partial charge in [0.15, 0.2) is 5.15 Å². The van der Waals surface area contributed by atoms with E-state index in [0.29, 0.717) is 12.5 Å². The van der Waals surface area contributed by atoms with Gasteiger partial charge >= 0.3 is 0 Å². The molecule has 0 aliphatic carbocycles. The highest BCUT2D eigenvalue weighted by molar-refractivity contribution is 6.30. The zero-order chi connectivity index (χ0) is 15.3. The van der Waals surface area contributed by atoms with E-state index in [1.807, 2.05) is 0 Å². The largest absolute Gasteiger partial charge is 0.489 e. The predicted molar refractivity (Wildman–Crippen MR) is 77.2 cm³/mol. The molecule has 1 aromatic heterocycles. The van der Waals surface area contributed by atoms with Gasteiger partial charge in [-0.05, 0) is 19.3 Å². The van der Waals surface area contributed by atoms with Crippen molar-refractivity contribution in [2.45, 2.75) is 33.2 Å². The van der Waals surface area contributed by atoms with Gasteiger partial charge in [0.2, 0.25) is 11.7 Å². The zero-order valence-corrected chi connectivity index (χ0v) is 12.9. The standard InChI is InChI=1S/C13H20ClN3O3/c1-8(2)5-6-15-12(18)9(3)17-7-16-11(14)10(20-4)13(17)19/h7-9H,5-6H2,1-4H3,(H,15,18). The SMILES string of the molecule is COc1c(Cl)ncn(C(C)C(=O)NCCC(C)C)c1=O. The van der Waals surface area contributed by atoms with E-state index in [1.54, 1.807) is 6.92 Å². The average Bonchev–Trinajstić information content (AvgIpc) is 2.38. The monoisotopic (exact) mass is 301 g/mol. The summed E-state index contributed by atoms with van der Waals surface area (Å²) >= 11 is 5.75. The Morgan fingerprint density at radius 3 is 2.70 bits per heavy atom. The third-order valence-electron chi connectivity index (χ3n) is 2.93. The molecule has 0 spiro atoms. The third kappa shape index (κ3) is 3.96. The Hall–Kier alpha value is -1.56. The van der Waals surface area contributed by atoms with Gasteiger partial charge in [-0.1, -0.05) is 25.4 Å². The molecular formula is C13H20ClN3O3. The summed E-state index contributed by atoms with van der Waals surface area (Å²) in [5.41, 5.74) is -0.473. The second kappa shape index (κ2) is 7.28. The van der Waals surface area contributed by atoms with Crippen LogP contribution in [0.25, 0.3) is 0 Å². The van der Waals surface area contributed by atoms with Crippen molar-refractivity contribution in [3.05, 3.63) is 21.8 Å². The molecule has 0 bridgehead atoms. The van der Waals surface area contributed by atoms with Gasteiger partial charge in [-0.2, -0.15) is 0 Å². The second-order valence-corrected chi connectivity index (χ2v) is 5.29. The fourth-order valence-corrected chi connectivity index (χ4v) is 1.84. The summed E-state index contributed by atoms with van der Waals surface area (Å²) in [4.78, 5) is 27.9. The number of carbonyl (C=O) groups is 1. The molecule has 1 atom stereocenters. The van der Waals surface area contributed by atoms with E-state index >= 15 is 0 Å². The van der Waals surface area contributed by atoms with Crippen molar-refractivity contribution in [2.75, 3.05) is 13.7 Å². The van der Waals surface area contributed by atoms with E-state index in [2.05, 4.69) is 24.1 Å². The molecule has 0 aliphatic heterocycles. The molecule has 112 valence electrons. The van der Waals surface area contributed by atoms with Crippen LogP contribution in [-0.4, -0.2) is 29.1 Å². The number of hydrogen-bond donors (Lipinski definition) is 1. The van der Waals surface area contributed by atoms with Gasteiger partial charge in [0.25, 0.3) is 5.56 Å². The molecular weight excluding hydrogens is 282 g/mol. The van der Waals surface area contributed by atoms with Gasteiger partial charge in [0.1, 0.15) is 12.4 Å². The molecule has 1 unspecified atom stereocenters. The fourth-order valence-electron chi connectivity index (χ4n) is 1.63. The summed E-state index contributed by atoms with van der Waals surface area (Å²) in [7, 11) is 1.34. The summed E-state index contributed by atoms with van der Waals surface area (Å²) in [5, 5.41) is 2.78. The van der Waals surface area contributed by atoms with Crippen molar-refractivity contribution in [1.29, 1.82) is 0 Å². The van der Waals surface area contributed by atoms with E-state index < -0.39 is 11.6 Å². The number of ether oxygens (including phenoxy) is 1. The van der Waals surface area contributed by atoms with E-state index in [0.717, 1.165) is 6.42 Å². The molecule has 0 radical (unpaired) electrons. The summed E-state index contributed by atoms with van der Waals surface area (Å²) in [6.07, 6.45) is 2.13. The second-order valence-electron chi connectivity index (χ2n) is 4.93. The Balaban J connectivity index is 2.84. The molecule has 7 heteroatoms. The Kier molecular flexibility index (Phi) is 6.01. The number of methoxy groups -OCH3 is 1. The molecule has 1 heterocycles. The van der Waals surface area contributed by atoms with Crippen LogP contribution in [0, 0.1) is 5.92 Å². The van der Waals surface area contributed by atoms with Crippen LogP contribution in [0.5, 0.6) is 5.75 Å². The van der Waals surface area contributed by atoms with Crippen LogP contribution in [0.4, 0.5) is 0 Å². The number of carbonyl (C=O) groups excluding carboxylic acids is 1. The molecule has 0 aliphatic rings. The van der Waals surface area contributed by atoms with Crippen LogP contribution < -0.4 is 15.6 Å². The maximum atomic E-state index is 12.1. The highest BCUT2D eigenvalue weighted by atomic mass is 35.5. The van der Waals surface area contributed by atoms with Crippen LogP contribution in [0.15, 0.2) is 11.1 Å². The number of amides is 1. The van der Waals surface area contributed by atoms with Crippen molar-refractivity contribution in [3.8, 4) is 5.75 Å². The first-order chi connectivity index (χ1) is 9.38. The topological polar surface area (TPSA) is 73.2 Å². The fraction of sp³-hybridized carbons (Fsp3) is 0.615. The molecule has 1 amide bonds. The minimum absolute atomic E-state index is 0.0128. The van der Waals surface area contributed by atoms with Crippen molar-refractivity contribution in [2.24, 2.45) is 5.92 Å². The molecule has 0 saturated carbocycles. The number of halogens is 1. The first-order valence-corrected chi connectivity index (χ1v) is 6.84. The lowest BCUT2D eigenvalue weighted by molar-refractivity contribution is -0.124. The summed E-state index contributed by atoms with van der Waals surface area (Å²) in [6.45, 7) is 6.36. The van der Waals surface area contributed by atoms with E-state index in [1.165, 1.54) is 18.0 Å². The normalized spacial score (nSPS) is 12.3. The molecule has 0 saturated heterocycles. The highest BCUT2D eigenvalue weighted by Gasteiger charge is 2.19. The van der Waals surface area contributed by atoms with Crippen molar-refractivity contribution in [1.82, 2.24) is 14.9 Å². The van der Waals surface area contributed by atoms with Gasteiger partial charge in [-0.3, -0.25) is 14.2 Å². The summed E-state index contributed by atoms with van der Waals surface area (Å²) < 4.78 is 6.10. The van der Waals surface area contributed by atoms with Gasteiger partial charge < -0.3 is 10.1 Å². The lowest BCUT2D eigenvalue weighted by Crippen LogP contribution is -2.36. The van der Waals surface area contributed by atoms with Crippen molar-refractivity contribution < 1.29 is 9.53 Å². The van der Waals surface area contributed by atoms with Gasteiger partial charge in [-0.25, -0.2) is 4.98 Å². The lowest BCUT2D eigenvalue weighted by Gasteiger charge is -2.16. The Labute approximate surface area is 123 Å². The molecule has 1 N–H and O–H groups in total. The van der Waals surface area contributed by atoms with Crippen LogP contribution >= 0.6 is 11.6 Å². The molecule has 1 aromatic rings. The summed E-state index contributed by atoms with van der Waals surface area (Å²) in [6, 6.07) is -0.673. The molecule has 6 nitrogen and oxygen atoms in total. The van der Waals surface area contributed by atoms with E-state index in [-0.39, 0.29) is 16.8 Å². The summed E-state index contributed by atoms with van der Waals surface area (Å²) in [5.74, 6) is 0.209. The minimum atomic E-state index is -0.673. The molecule has 1 rings (SSSR count). The van der Waals surface area contributed by atoms with Gasteiger partial charge in [0, 0.05) is 6.54 Å². The Morgan fingerprint density at radius 2 is 2.15 bits per heavy atom. The number of nitrogens with zero attached hydrogens (tertiary/aromatic N) is 2. The number of hydrogen-bond acceptors (Lipinski definition) is 4.